The minimum Gasteiger partial charge on any atom is -0.487 e. The Bertz CT molecular complexity index is 2200. The van der Waals surface area contributed by atoms with E-state index in [1.807, 2.05) is 0 Å². The van der Waals surface area contributed by atoms with Gasteiger partial charge in [0.1, 0.15) is 51.6 Å². The van der Waals surface area contributed by atoms with Gasteiger partial charge in [-0.05, 0) is 66.1 Å². The number of nitrogens with zero attached hydrogens (tertiary/aromatic N) is 2. The van der Waals surface area contributed by atoms with Crippen LogP contribution < -0.4 is 15.4 Å². The molecule has 5 rings (SSSR count). The first-order valence-corrected chi connectivity index (χ1v) is 14.0. The van der Waals surface area contributed by atoms with Gasteiger partial charge in [0, 0.05) is 29.4 Å². The van der Waals surface area contributed by atoms with Gasteiger partial charge in [0.25, 0.3) is 0 Å². The number of fused-ring (bicyclic) bond motifs is 1. The molecule has 0 amide bonds. The van der Waals surface area contributed by atoms with E-state index in [-0.39, 0.29) is 35.3 Å². The average molecular weight is 591 g/mol. The predicted octanol–water partition coefficient (Wildman–Crippen LogP) is 6.14. The second-order valence-corrected chi connectivity index (χ2v) is 10.9. The van der Waals surface area contributed by atoms with Gasteiger partial charge in [-0.3, -0.25) is 0 Å². The molecule has 2 heterocycles. The first-order chi connectivity index (χ1) is 23.2. The van der Waals surface area contributed by atoms with Crippen LogP contribution in [0.5, 0.6) is 5.75 Å². The zero-order valence-electron chi connectivity index (χ0n) is 30.6. The summed E-state index contributed by atoms with van der Waals surface area (Å²) in [5.41, 5.74) is -0.412. The maximum absolute atomic E-state index is 14.2. The Hall–Kier alpha value is -3.99. The van der Waals surface area contributed by atoms with Crippen LogP contribution in [0.25, 0.3) is 22.2 Å². The van der Waals surface area contributed by atoms with Crippen LogP contribution in [0.4, 0.5) is 15.9 Å². The van der Waals surface area contributed by atoms with E-state index in [1.165, 1.54) is 18.5 Å². The topological polar surface area (TPSA) is 106 Å². The molecule has 2 N–H and O–H groups in total. The minimum atomic E-state index is -3.32. The number of anilines is 2. The molecule has 0 saturated heterocycles. The number of furan rings is 1. The molecule has 11 heteroatoms. The van der Waals surface area contributed by atoms with Crippen LogP contribution in [0.15, 0.2) is 83.4 Å². The van der Waals surface area contributed by atoms with E-state index in [9.17, 15) is 12.8 Å². The minimum absolute atomic E-state index is 0.0586. The van der Waals surface area contributed by atoms with Gasteiger partial charge in [-0.25, -0.2) is 22.8 Å². The summed E-state index contributed by atoms with van der Waals surface area (Å²) in [4.78, 5) is 8.42. The molecule has 0 bridgehead atoms. The molecule has 0 saturated carbocycles. The number of rotatable bonds is 11. The van der Waals surface area contributed by atoms with Crippen molar-refractivity contribution in [3.8, 4) is 17.1 Å². The van der Waals surface area contributed by atoms with Gasteiger partial charge < -0.3 is 19.8 Å². The fourth-order valence-corrected chi connectivity index (χ4v) is 4.04. The van der Waals surface area contributed by atoms with E-state index in [1.54, 1.807) is 18.2 Å². The third-order valence-electron chi connectivity index (χ3n) is 5.21. The van der Waals surface area contributed by atoms with E-state index in [2.05, 4.69) is 20.6 Å². The molecule has 0 atom stereocenters. The molecule has 5 aromatic rings. The molecule has 206 valence electrons. The molecule has 3 aromatic carbocycles. The Kier molecular flexibility index (Phi) is 5.31. The number of aromatic nitrogens is 2. The molecule has 0 aliphatic heterocycles. The second kappa shape index (κ2) is 12.0. The number of ether oxygens (including phenoxy) is 1. The van der Waals surface area contributed by atoms with Crippen LogP contribution in [-0.2, 0) is 22.9 Å². The highest BCUT2D eigenvalue weighted by Crippen LogP contribution is 2.32. The Balaban J connectivity index is 1.48. The van der Waals surface area contributed by atoms with Crippen LogP contribution in [-0.4, -0.2) is 36.9 Å². The van der Waals surface area contributed by atoms with Gasteiger partial charge in [-0.15, -0.1) is 0 Å². The van der Waals surface area contributed by atoms with Gasteiger partial charge in [0.2, 0.25) is 0 Å². The predicted molar refractivity (Wildman–Crippen MR) is 154 cm³/mol. The van der Waals surface area contributed by atoms with Crippen LogP contribution in [0, 0.1) is 5.82 Å². The van der Waals surface area contributed by atoms with Crippen molar-refractivity contribution in [1.29, 1.82) is 0 Å². The summed E-state index contributed by atoms with van der Waals surface area (Å²) >= 11 is 6.36. The molecular weight excluding hydrogens is 555 g/mol. The van der Waals surface area contributed by atoms with Crippen molar-refractivity contribution in [2.45, 2.75) is 13.1 Å². The lowest BCUT2D eigenvalue weighted by Crippen LogP contribution is -2.21. The Labute approximate surface area is 250 Å². The summed E-state index contributed by atoms with van der Waals surface area (Å²) in [5.74, 6) is -2.16. The summed E-state index contributed by atoms with van der Waals surface area (Å²) in [6, 6.07) is 3.66. The summed E-state index contributed by atoms with van der Waals surface area (Å²) in [7, 11) is -3.32. The zero-order valence-corrected chi connectivity index (χ0v) is 22.2. The smallest absolute Gasteiger partial charge is 0.148 e. The van der Waals surface area contributed by atoms with E-state index in [0.29, 0.717) is 22.5 Å². The monoisotopic (exact) mass is 590 g/mol. The fraction of sp³-hybridized carbons (Fsp3) is 0.172. The number of nitrogens with one attached hydrogen (secondary N) is 2. The van der Waals surface area contributed by atoms with Gasteiger partial charge in [0.15, 0.2) is 0 Å². The highest BCUT2D eigenvalue weighted by molar-refractivity contribution is 7.90. The highest BCUT2D eigenvalue weighted by Gasteiger charge is 2.11. The molecule has 0 aliphatic carbocycles. The average Bonchev–Trinajstić information content (AvgIpc) is 3.54. The lowest BCUT2D eigenvalue weighted by Gasteiger charge is -2.12. The number of halogens is 2. The maximum Gasteiger partial charge on any atom is 0.148 e. The molecule has 0 radical (unpaired) electrons. The van der Waals surface area contributed by atoms with Gasteiger partial charge in [-0.2, -0.15) is 0 Å². The molecule has 0 unspecified atom stereocenters. The third kappa shape index (κ3) is 7.15. The number of benzene rings is 3. The molecule has 0 spiro atoms. The van der Waals surface area contributed by atoms with Crippen LogP contribution in [0.2, 0.25) is 5.02 Å². The summed E-state index contributed by atoms with van der Waals surface area (Å²) < 4.78 is 131. The van der Waals surface area contributed by atoms with Gasteiger partial charge >= 0.3 is 0 Å². The molecular formula is C29H26ClFN4O4S. The second-order valence-electron chi connectivity index (χ2n) is 8.28. The first-order valence-electron chi connectivity index (χ1n) is 16.5. The van der Waals surface area contributed by atoms with Crippen LogP contribution in [0.1, 0.15) is 25.0 Å². The molecule has 0 aliphatic rings. The SMILES string of the molecule is [2H]c1cc(F)c([2H])c(C([2H])([2H])Oc2c([2H])c([2H])c(Nc3ncnc4ccc(-c5ccc(C([2H])([2H])NCCS(C)(=O)=O)o5)cc34)c([2H])c2Cl)c1[2H]. The highest BCUT2D eigenvalue weighted by atomic mass is 35.5. The third-order valence-corrected chi connectivity index (χ3v) is 6.42. The number of hydrogen-bond donors (Lipinski definition) is 2. The van der Waals surface area contributed by atoms with Crippen molar-refractivity contribution < 1.29 is 35.7 Å². The lowest BCUT2D eigenvalue weighted by molar-refractivity contribution is 0.306. The standard InChI is InChI=1S/C29H26ClFN4O4S/c1-40(36,37)12-11-32-16-23-7-10-27(39-23)20-5-8-26-24(14-20)29(34-18-33-26)35-22-6-9-28(25(30)15-22)38-17-19-3-2-4-21(31)13-19/h2-10,13-15,18,32H,11-12,16-17H2,1H3,(H,33,34,35)/i2D,3D,6D,9D,13D,15D,16D2,17D2. The van der Waals surface area contributed by atoms with E-state index in [4.69, 9.17) is 34.5 Å². The van der Waals surface area contributed by atoms with Crippen molar-refractivity contribution in [2.24, 2.45) is 0 Å². The zero-order chi connectivity index (χ0) is 36.9. The molecule has 2 aromatic heterocycles. The normalized spacial score (nSPS) is 15.9. The van der Waals surface area contributed by atoms with E-state index >= 15 is 0 Å². The molecule has 8 nitrogen and oxygen atoms in total. The first kappa shape index (κ1) is 17.6. The van der Waals surface area contributed by atoms with Crippen molar-refractivity contribution >= 4 is 43.8 Å². The van der Waals surface area contributed by atoms with Crippen molar-refractivity contribution in [3.63, 3.8) is 0 Å². The van der Waals surface area contributed by atoms with E-state index < -0.39 is 81.3 Å². The van der Waals surface area contributed by atoms with Gasteiger partial charge in [0.05, 0.1) is 36.5 Å². The van der Waals surface area contributed by atoms with Gasteiger partial charge in [-0.1, -0.05) is 23.7 Å². The Morgan fingerprint density at radius 1 is 1.15 bits per heavy atom. The number of hydrogen-bond acceptors (Lipinski definition) is 8. The van der Waals surface area contributed by atoms with E-state index in [0.717, 1.165) is 6.26 Å². The lowest BCUT2D eigenvalue weighted by atomic mass is 10.1. The summed E-state index contributed by atoms with van der Waals surface area (Å²) in [6.07, 6.45) is 2.24. The quantitative estimate of drug-likeness (QED) is 0.189. The molecule has 40 heavy (non-hydrogen) atoms. The van der Waals surface area contributed by atoms with Crippen LogP contribution >= 0.6 is 11.6 Å². The van der Waals surface area contributed by atoms with Crippen molar-refractivity contribution in [2.75, 3.05) is 23.9 Å². The Morgan fingerprint density at radius 3 is 2.88 bits per heavy atom. The summed E-state index contributed by atoms with van der Waals surface area (Å²) in [6.45, 7) is -5.51. The molecule has 0 fully saturated rings. The maximum atomic E-state index is 14.2. The largest absolute Gasteiger partial charge is 0.487 e. The summed E-state index contributed by atoms with van der Waals surface area (Å²) in [5, 5.41) is 5.04. The van der Waals surface area contributed by atoms with Crippen molar-refractivity contribution in [1.82, 2.24) is 15.3 Å². The fourth-order valence-electron chi connectivity index (χ4n) is 3.39. The van der Waals surface area contributed by atoms with Crippen molar-refractivity contribution in [3.05, 3.63) is 101 Å². The number of sulfone groups is 1. The van der Waals surface area contributed by atoms with Crippen LogP contribution in [0.3, 0.4) is 0 Å². The Morgan fingerprint density at radius 2 is 2.02 bits per heavy atom.